The monoisotopic (exact) mass is 363 g/mol. The number of fused-ring (bicyclic) bond motifs is 1. The number of ether oxygens (including phenoxy) is 1. The highest BCUT2D eigenvalue weighted by molar-refractivity contribution is 6.15. The van der Waals surface area contributed by atoms with Gasteiger partial charge in [-0.15, -0.1) is 6.58 Å². The quantitative estimate of drug-likeness (QED) is 0.101. The molecule has 12 nitrogen and oxygen atoms in total. The first-order chi connectivity index (χ1) is 12.5. The van der Waals surface area contributed by atoms with Crippen LogP contribution in [-0.2, 0) is 4.74 Å². The lowest BCUT2D eigenvalue weighted by Crippen LogP contribution is -2.28. The average Bonchev–Trinajstić information content (AvgIpc) is 3.15. The Morgan fingerprint density at radius 2 is 2.23 bits per heavy atom. The summed E-state index contributed by atoms with van der Waals surface area (Å²) in [6.45, 7) is 3.36. The van der Waals surface area contributed by atoms with E-state index in [1.54, 1.807) is 4.57 Å². The molecular formula is C14H21N9O3. The van der Waals surface area contributed by atoms with Crippen molar-refractivity contribution in [2.45, 2.75) is 18.4 Å². The SMILES string of the molecule is C=C[C@@H]1[C@H](O)[C@@H](CO)O[C@H]1n1c(NN)c(C(N)=NN)c2c(N)ncnc21. The zero-order chi connectivity index (χ0) is 19.0. The van der Waals surface area contributed by atoms with Crippen molar-refractivity contribution in [1.29, 1.82) is 0 Å². The molecule has 0 aliphatic carbocycles. The number of nitrogen functional groups attached to an aromatic ring is 2. The predicted molar refractivity (Wildman–Crippen MR) is 95.4 cm³/mol. The molecule has 11 N–H and O–H groups in total. The van der Waals surface area contributed by atoms with E-state index in [9.17, 15) is 10.2 Å². The van der Waals surface area contributed by atoms with Gasteiger partial charge in [0.05, 0.1) is 29.6 Å². The van der Waals surface area contributed by atoms with Crippen LogP contribution in [0.3, 0.4) is 0 Å². The van der Waals surface area contributed by atoms with E-state index in [-0.39, 0.29) is 24.1 Å². The Morgan fingerprint density at radius 1 is 1.50 bits per heavy atom. The molecule has 0 spiro atoms. The molecule has 1 aliphatic heterocycles. The molecule has 2 aromatic heterocycles. The number of nitrogens with two attached hydrogens (primary N) is 4. The molecule has 12 heteroatoms. The van der Waals surface area contributed by atoms with E-state index in [1.807, 2.05) is 0 Å². The molecule has 1 saturated heterocycles. The minimum atomic E-state index is -0.978. The molecule has 1 aliphatic rings. The van der Waals surface area contributed by atoms with Gasteiger partial charge < -0.3 is 37.7 Å². The Bertz CT molecular complexity index is 865. The van der Waals surface area contributed by atoms with Crippen molar-refractivity contribution in [3.8, 4) is 0 Å². The smallest absolute Gasteiger partial charge is 0.154 e. The van der Waals surface area contributed by atoms with E-state index < -0.39 is 24.4 Å². The third-order valence-electron chi connectivity index (χ3n) is 4.47. The van der Waals surface area contributed by atoms with Gasteiger partial charge in [0, 0.05) is 0 Å². The van der Waals surface area contributed by atoms with Gasteiger partial charge in [0.25, 0.3) is 0 Å². The number of aliphatic hydroxyl groups is 2. The fraction of sp³-hybridized carbons (Fsp3) is 0.357. The molecule has 140 valence electrons. The number of nitrogens with zero attached hydrogens (tertiary/aromatic N) is 4. The Labute approximate surface area is 148 Å². The van der Waals surface area contributed by atoms with Gasteiger partial charge in [0.15, 0.2) is 5.84 Å². The summed E-state index contributed by atoms with van der Waals surface area (Å²) in [7, 11) is 0. The Balaban J connectivity index is 2.33. The maximum absolute atomic E-state index is 10.4. The maximum Gasteiger partial charge on any atom is 0.154 e. The van der Waals surface area contributed by atoms with Gasteiger partial charge in [-0.2, -0.15) is 5.10 Å². The van der Waals surface area contributed by atoms with Gasteiger partial charge in [-0.25, -0.2) is 15.8 Å². The molecule has 0 saturated carbocycles. The first kappa shape index (κ1) is 17.9. The summed E-state index contributed by atoms with van der Waals surface area (Å²) in [5.74, 6) is 10.8. The van der Waals surface area contributed by atoms with E-state index in [1.165, 1.54) is 12.4 Å². The van der Waals surface area contributed by atoms with Crippen molar-refractivity contribution >= 4 is 28.5 Å². The highest BCUT2D eigenvalue weighted by Gasteiger charge is 2.44. The largest absolute Gasteiger partial charge is 0.394 e. The third-order valence-corrected chi connectivity index (χ3v) is 4.47. The second kappa shape index (κ2) is 6.76. The number of hydrazine groups is 1. The van der Waals surface area contributed by atoms with Crippen LogP contribution in [-0.4, -0.2) is 49.4 Å². The van der Waals surface area contributed by atoms with E-state index in [4.69, 9.17) is 27.9 Å². The fourth-order valence-electron chi connectivity index (χ4n) is 3.27. The van der Waals surface area contributed by atoms with Crippen LogP contribution in [0.2, 0.25) is 0 Å². The van der Waals surface area contributed by atoms with Gasteiger partial charge in [-0.1, -0.05) is 6.08 Å². The van der Waals surface area contributed by atoms with Crippen molar-refractivity contribution in [2.75, 3.05) is 17.8 Å². The molecule has 2 aromatic rings. The number of rotatable bonds is 5. The highest BCUT2D eigenvalue weighted by Crippen LogP contribution is 2.42. The number of aromatic nitrogens is 3. The first-order valence-electron chi connectivity index (χ1n) is 7.71. The molecule has 3 rings (SSSR count). The minimum Gasteiger partial charge on any atom is -0.394 e. The minimum absolute atomic E-state index is 0.0457. The summed E-state index contributed by atoms with van der Waals surface area (Å²) in [6.07, 6.45) is 0.220. The lowest BCUT2D eigenvalue weighted by molar-refractivity contribution is -0.0434. The average molecular weight is 363 g/mol. The van der Waals surface area contributed by atoms with Crippen molar-refractivity contribution in [2.24, 2.45) is 28.4 Å². The standard InChI is InChI=1S/C14H21N9O3/c1-2-5-9(25)6(3-24)26-14(5)23-12-7(10(15)19-4-20-12)8(11(16)21-17)13(23)22-18/h2,4-6,9,14,22,24-25H,1,3,17-18H2,(H2,16,21)(H2,15,19,20)/t5-,6-,9+,14-/m1/s1. The number of hydrogen-bond acceptors (Lipinski definition) is 10. The fourth-order valence-corrected chi connectivity index (χ4v) is 3.27. The second-order valence-electron chi connectivity index (χ2n) is 5.76. The summed E-state index contributed by atoms with van der Waals surface area (Å²) in [5, 5.41) is 23.7. The van der Waals surface area contributed by atoms with Gasteiger partial charge in [0.1, 0.15) is 35.9 Å². The molecule has 3 heterocycles. The highest BCUT2D eigenvalue weighted by atomic mass is 16.5. The van der Waals surface area contributed by atoms with Gasteiger partial charge in [-0.05, 0) is 0 Å². The van der Waals surface area contributed by atoms with Gasteiger partial charge >= 0.3 is 0 Å². The molecule has 0 radical (unpaired) electrons. The summed E-state index contributed by atoms with van der Waals surface area (Å²) in [4.78, 5) is 8.21. The first-order valence-corrected chi connectivity index (χ1v) is 7.71. The third kappa shape index (κ3) is 2.43. The lowest BCUT2D eigenvalue weighted by Gasteiger charge is -2.21. The summed E-state index contributed by atoms with van der Waals surface area (Å²) >= 11 is 0. The summed E-state index contributed by atoms with van der Waals surface area (Å²) < 4.78 is 7.37. The van der Waals surface area contributed by atoms with E-state index in [0.717, 1.165) is 0 Å². The molecule has 0 amide bonds. The molecular weight excluding hydrogens is 342 g/mol. The van der Waals surface area contributed by atoms with Gasteiger partial charge in [-0.3, -0.25) is 4.57 Å². The molecule has 0 aromatic carbocycles. The number of anilines is 2. The van der Waals surface area contributed by atoms with Crippen molar-refractivity contribution in [3.05, 3.63) is 24.5 Å². The molecule has 4 atom stereocenters. The Kier molecular flexibility index (Phi) is 4.65. The van der Waals surface area contributed by atoms with Crippen LogP contribution in [0.1, 0.15) is 11.8 Å². The van der Waals surface area contributed by atoms with Crippen LogP contribution in [0.4, 0.5) is 11.6 Å². The van der Waals surface area contributed by atoms with Crippen LogP contribution in [0, 0.1) is 5.92 Å². The number of hydrazone groups is 1. The van der Waals surface area contributed by atoms with Crippen molar-refractivity contribution < 1.29 is 14.9 Å². The summed E-state index contributed by atoms with van der Waals surface area (Å²) in [6, 6.07) is 0. The topological polar surface area (TPSA) is 209 Å². The van der Waals surface area contributed by atoms with Crippen molar-refractivity contribution in [1.82, 2.24) is 14.5 Å². The zero-order valence-corrected chi connectivity index (χ0v) is 13.8. The zero-order valence-electron chi connectivity index (χ0n) is 13.8. The number of amidine groups is 1. The molecule has 0 bridgehead atoms. The number of hydrogen-bond donors (Lipinski definition) is 7. The Morgan fingerprint density at radius 3 is 2.81 bits per heavy atom. The van der Waals surface area contributed by atoms with E-state index in [0.29, 0.717) is 16.6 Å². The maximum atomic E-state index is 10.4. The van der Waals surface area contributed by atoms with Crippen LogP contribution in [0.15, 0.2) is 24.1 Å². The number of aliphatic hydroxyl groups excluding tert-OH is 2. The predicted octanol–water partition coefficient (Wildman–Crippen LogP) is -2.07. The second-order valence-corrected chi connectivity index (χ2v) is 5.76. The number of nitrogens with one attached hydrogen (secondary N) is 1. The lowest BCUT2D eigenvalue weighted by atomic mass is 10.00. The summed E-state index contributed by atoms with van der Waals surface area (Å²) in [5.41, 5.74) is 15.1. The molecule has 0 unspecified atom stereocenters. The normalized spacial score (nSPS) is 26.3. The van der Waals surface area contributed by atoms with Crippen LogP contribution in [0.5, 0.6) is 0 Å². The van der Waals surface area contributed by atoms with Crippen LogP contribution >= 0.6 is 0 Å². The van der Waals surface area contributed by atoms with Crippen LogP contribution in [0.25, 0.3) is 11.0 Å². The molecule has 1 fully saturated rings. The van der Waals surface area contributed by atoms with E-state index in [2.05, 4.69) is 27.1 Å². The molecule has 26 heavy (non-hydrogen) atoms. The van der Waals surface area contributed by atoms with Gasteiger partial charge in [0.2, 0.25) is 0 Å². The van der Waals surface area contributed by atoms with E-state index >= 15 is 0 Å². The van der Waals surface area contributed by atoms with Crippen LogP contribution < -0.4 is 28.6 Å². The Hall–Kier alpha value is -2.93. The van der Waals surface area contributed by atoms with Crippen molar-refractivity contribution in [3.63, 3.8) is 0 Å².